The molecule has 0 spiro atoms. The molecule has 2 rings (SSSR count). The van der Waals surface area contributed by atoms with Crippen molar-refractivity contribution in [1.29, 1.82) is 0 Å². The van der Waals surface area contributed by atoms with Gasteiger partial charge in [0.2, 0.25) is 0 Å². The first kappa shape index (κ1) is 15.2. The minimum absolute atomic E-state index is 0.420. The van der Waals surface area contributed by atoms with E-state index in [4.69, 9.17) is 11.6 Å². The molecule has 1 unspecified atom stereocenters. The molecule has 1 saturated carbocycles. The van der Waals surface area contributed by atoms with E-state index >= 15 is 0 Å². The summed E-state index contributed by atoms with van der Waals surface area (Å²) >= 11 is 8.14. The Balaban J connectivity index is 1.99. The molecule has 1 atom stereocenters. The van der Waals surface area contributed by atoms with E-state index in [2.05, 4.69) is 30.6 Å². The normalized spacial score (nSPS) is 19.5. The summed E-state index contributed by atoms with van der Waals surface area (Å²) in [4.78, 5) is 0. The van der Waals surface area contributed by atoms with Crippen LogP contribution in [0.1, 0.15) is 50.6 Å². The monoisotopic (exact) mass is 297 g/mol. The van der Waals surface area contributed by atoms with Gasteiger partial charge in [0.15, 0.2) is 0 Å². The molecule has 0 aliphatic heterocycles. The van der Waals surface area contributed by atoms with Gasteiger partial charge in [-0.15, -0.1) is 0 Å². The molecular formula is C16H24ClNS. The molecule has 3 heteroatoms. The first-order valence-corrected chi connectivity index (χ1v) is 8.83. The molecule has 1 aromatic carbocycles. The third-order valence-electron chi connectivity index (χ3n) is 4.28. The molecule has 1 aliphatic rings. The topological polar surface area (TPSA) is 12.0 Å². The number of rotatable bonds is 6. The molecule has 0 heterocycles. The SMILES string of the molecule is CCC(NCC1(SC)CCCC1)c1cccc(Cl)c1. The molecule has 0 amide bonds. The molecule has 1 nitrogen and oxygen atoms in total. The largest absolute Gasteiger partial charge is 0.309 e. The Morgan fingerprint density at radius 1 is 1.37 bits per heavy atom. The zero-order valence-electron chi connectivity index (χ0n) is 11.9. The summed E-state index contributed by atoms with van der Waals surface area (Å²) in [6, 6.07) is 8.67. The van der Waals surface area contributed by atoms with Gasteiger partial charge in [-0.05, 0) is 43.2 Å². The average Bonchev–Trinajstić information content (AvgIpc) is 2.89. The Bertz CT molecular complexity index is 401. The van der Waals surface area contributed by atoms with Crippen molar-refractivity contribution in [1.82, 2.24) is 5.32 Å². The lowest BCUT2D eigenvalue weighted by molar-refractivity contribution is 0.458. The Morgan fingerprint density at radius 3 is 2.68 bits per heavy atom. The van der Waals surface area contributed by atoms with Gasteiger partial charge in [0.25, 0.3) is 0 Å². The zero-order chi connectivity index (χ0) is 13.7. The van der Waals surface area contributed by atoms with Crippen LogP contribution in [-0.2, 0) is 0 Å². The van der Waals surface area contributed by atoms with Gasteiger partial charge in [-0.25, -0.2) is 0 Å². The molecule has 1 N–H and O–H groups in total. The number of thioether (sulfide) groups is 1. The van der Waals surface area contributed by atoms with Crippen molar-refractivity contribution in [3.63, 3.8) is 0 Å². The predicted octanol–water partition coefficient (Wildman–Crippen LogP) is 5.06. The molecule has 1 fully saturated rings. The van der Waals surface area contributed by atoms with E-state index in [1.54, 1.807) is 0 Å². The van der Waals surface area contributed by atoms with Crippen molar-refractivity contribution < 1.29 is 0 Å². The van der Waals surface area contributed by atoms with Crippen LogP contribution >= 0.6 is 23.4 Å². The smallest absolute Gasteiger partial charge is 0.0409 e. The third-order valence-corrected chi connectivity index (χ3v) is 5.93. The fraction of sp³-hybridized carbons (Fsp3) is 0.625. The zero-order valence-corrected chi connectivity index (χ0v) is 13.5. The van der Waals surface area contributed by atoms with E-state index in [1.807, 2.05) is 23.9 Å². The number of hydrogen-bond acceptors (Lipinski definition) is 2. The predicted molar refractivity (Wildman–Crippen MR) is 87.2 cm³/mol. The van der Waals surface area contributed by atoms with E-state index in [1.165, 1.54) is 31.2 Å². The summed E-state index contributed by atoms with van der Waals surface area (Å²) in [5.41, 5.74) is 1.31. The van der Waals surface area contributed by atoms with Crippen LogP contribution in [0.4, 0.5) is 0 Å². The first-order chi connectivity index (χ1) is 9.19. The lowest BCUT2D eigenvalue weighted by Gasteiger charge is -2.30. The van der Waals surface area contributed by atoms with Gasteiger partial charge < -0.3 is 5.32 Å². The van der Waals surface area contributed by atoms with Gasteiger partial charge in [0.05, 0.1) is 0 Å². The molecule has 1 aliphatic carbocycles. The maximum Gasteiger partial charge on any atom is 0.0409 e. The second kappa shape index (κ2) is 7.01. The van der Waals surface area contributed by atoms with Crippen LogP contribution in [0.25, 0.3) is 0 Å². The fourth-order valence-electron chi connectivity index (χ4n) is 3.00. The lowest BCUT2D eigenvalue weighted by atomic mass is 10.0. The van der Waals surface area contributed by atoms with Gasteiger partial charge in [-0.3, -0.25) is 0 Å². The van der Waals surface area contributed by atoms with Crippen LogP contribution in [-0.4, -0.2) is 17.5 Å². The summed E-state index contributed by atoms with van der Waals surface area (Å²) in [7, 11) is 0. The van der Waals surface area contributed by atoms with E-state index in [0.717, 1.165) is 18.0 Å². The molecule has 0 radical (unpaired) electrons. The highest BCUT2D eigenvalue weighted by atomic mass is 35.5. The van der Waals surface area contributed by atoms with Gasteiger partial charge in [0, 0.05) is 22.4 Å². The summed E-state index contributed by atoms with van der Waals surface area (Å²) in [5, 5.41) is 4.60. The number of nitrogens with one attached hydrogen (secondary N) is 1. The molecule has 0 saturated heterocycles. The van der Waals surface area contributed by atoms with Gasteiger partial charge in [-0.1, -0.05) is 43.5 Å². The van der Waals surface area contributed by atoms with E-state index in [-0.39, 0.29) is 0 Å². The molecule has 0 aromatic heterocycles. The van der Waals surface area contributed by atoms with Gasteiger partial charge >= 0.3 is 0 Å². The standard InChI is InChI=1S/C16H24ClNS/c1-3-15(13-7-6-8-14(17)11-13)18-12-16(19-2)9-4-5-10-16/h6-8,11,15,18H,3-5,9-10,12H2,1-2H3. The maximum atomic E-state index is 6.10. The number of hydrogen-bond donors (Lipinski definition) is 1. The van der Waals surface area contributed by atoms with Crippen molar-refractivity contribution >= 4 is 23.4 Å². The molecular weight excluding hydrogens is 274 g/mol. The highest BCUT2D eigenvalue weighted by molar-refractivity contribution is 8.00. The van der Waals surface area contributed by atoms with Crippen LogP contribution in [0.5, 0.6) is 0 Å². The van der Waals surface area contributed by atoms with Crippen molar-refractivity contribution in [2.45, 2.75) is 49.8 Å². The van der Waals surface area contributed by atoms with Crippen molar-refractivity contribution in [2.24, 2.45) is 0 Å². The number of benzene rings is 1. The van der Waals surface area contributed by atoms with E-state index in [0.29, 0.717) is 10.8 Å². The Hall–Kier alpha value is -0.180. The van der Waals surface area contributed by atoms with Crippen LogP contribution in [0.3, 0.4) is 0 Å². The quantitative estimate of drug-likeness (QED) is 0.788. The summed E-state index contributed by atoms with van der Waals surface area (Å²) in [6.07, 6.45) is 8.84. The number of halogens is 1. The third kappa shape index (κ3) is 3.90. The molecule has 106 valence electrons. The highest BCUT2D eigenvalue weighted by Crippen LogP contribution is 2.40. The minimum Gasteiger partial charge on any atom is -0.309 e. The van der Waals surface area contributed by atoms with Crippen molar-refractivity contribution in [2.75, 3.05) is 12.8 Å². The fourth-order valence-corrected chi connectivity index (χ4v) is 4.13. The van der Waals surface area contributed by atoms with Crippen LogP contribution < -0.4 is 5.32 Å². The van der Waals surface area contributed by atoms with E-state index < -0.39 is 0 Å². The Kier molecular flexibility index (Phi) is 5.61. The minimum atomic E-state index is 0.420. The molecule has 1 aromatic rings. The lowest BCUT2D eigenvalue weighted by Crippen LogP contribution is -2.37. The summed E-state index contributed by atoms with van der Waals surface area (Å²) in [5.74, 6) is 0. The highest BCUT2D eigenvalue weighted by Gasteiger charge is 2.33. The summed E-state index contributed by atoms with van der Waals surface area (Å²) in [6.45, 7) is 3.35. The van der Waals surface area contributed by atoms with Gasteiger partial charge in [-0.2, -0.15) is 11.8 Å². The van der Waals surface area contributed by atoms with Crippen LogP contribution in [0, 0.1) is 0 Å². The molecule has 0 bridgehead atoms. The van der Waals surface area contributed by atoms with Crippen molar-refractivity contribution in [3.05, 3.63) is 34.9 Å². The first-order valence-electron chi connectivity index (χ1n) is 7.23. The van der Waals surface area contributed by atoms with Gasteiger partial charge in [0.1, 0.15) is 0 Å². The Labute approximate surface area is 126 Å². The maximum absolute atomic E-state index is 6.10. The van der Waals surface area contributed by atoms with Crippen molar-refractivity contribution in [3.8, 4) is 0 Å². The van der Waals surface area contributed by atoms with Crippen LogP contribution in [0.2, 0.25) is 5.02 Å². The molecule has 19 heavy (non-hydrogen) atoms. The Morgan fingerprint density at radius 2 is 2.11 bits per heavy atom. The summed E-state index contributed by atoms with van der Waals surface area (Å²) < 4.78 is 0.464. The average molecular weight is 298 g/mol. The van der Waals surface area contributed by atoms with E-state index in [9.17, 15) is 0 Å². The second-order valence-electron chi connectivity index (χ2n) is 5.49. The van der Waals surface area contributed by atoms with Crippen LogP contribution in [0.15, 0.2) is 24.3 Å². The second-order valence-corrected chi connectivity index (χ2v) is 7.20.